The van der Waals surface area contributed by atoms with E-state index in [0.29, 0.717) is 25.3 Å². The lowest BCUT2D eigenvalue weighted by molar-refractivity contribution is 0.0949. The summed E-state index contributed by atoms with van der Waals surface area (Å²) < 4.78 is 0. The summed E-state index contributed by atoms with van der Waals surface area (Å²) in [4.78, 5) is 30.9. The maximum Gasteiger partial charge on any atom is 0.322 e. The number of rotatable bonds is 8. The fourth-order valence-electron chi connectivity index (χ4n) is 2.65. The maximum absolute atomic E-state index is 12.7. The van der Waals surface area contributed by atoms with Gasteiger partial charge in [0.2, 0.25) is 0 Å². The Labute approximate surface area is 165 Å². The Bertz CT molecular complexity index is 788. The van der Waals surface area contributed by atoms with Gasteiger partial charge in [-0.3, -0.25) is 4.79 Å². The Morgan fingerprint density at radius 1 is 1.19 bits per heavy atom. The highest BCUT2D eigenvalue weighted by Gasteiger charge is 2.17. The van der Waals surface area contributed by atoms with Crippen molar-refractivity contribution in [3.8, 4) is 0 Å². The van der Waals surface area contributed by atoms with Gasteiger partial charge in [-0.15, -0.1) is 11.3 Å². The molecule has 0 aliphatic carbocycles. The monoisotopic (exact) mass is 388 g/mol. The average Bonchev–Trinajstić information content (AvgIpc) is 3.10. The normalized spacial score (nSPS) is 10.5. The molecule has 0 unspecified atom stereocenters. The van der Waals surface area contributed by atoms with Gasteiger partial charge < -0.3 is 15.5 Å². The van der Waals surface area contributed by atoms with Crippen LogP contribution in [0.3, 0.4) is 0 Å². The first-order valence-corrected chi connectivity index (χ1v) is 10.2. The number of carbonyl (C=O) groups is 2. The second-order valence-corrected chi connectivity index (χ2v) is 7.50. The highest BCUT2D eigenvalue weighted by Crippen LogP contribution is 2.18. The van der Waals surface area contributed by atoms with Gasteiger partial charge >= 0.3 is 6.03 Å². The lowest BCUT2D eigenvalue weighted by atomic mass is 10.1. The van der Waals surface area contributed by atoms with Gasteiger partial charge in [0.25, 0.3) is 5.91 Å². The van der Waals surface area contributed by atoms with Crippen LogP contribution in [0.1, 0.15) is 53.3 Å². The first-order chi connectivity index (χ1) is 12.9. The molecule has 0 aliphatic rings. The number of hydrogen-bond donors (Lipinski definition) is 2. The van der Waals surface area contributed by atoms with E-state index in [1.807, 2.05) is 45.9 Å². The van der Waals surface area contributed by atoms with Crippen molar-refractivity contribution in [3.05, 3.63) is 45.4 Å². The zero-order valence-electron chi connectivity index (χ0n) is 16.5. The fraction of sp³-hybridized carbons (Fsp3) is 0.450. The van der Waals surface area contributed by atoms with E-state index in [1.54, 1.807) is 10.3 Å². The van der Waals surface area contributed by atoms with Crippen molar-refractivity contribution < 1.29 is 9.59 Å². The number of anilines is 1. The Morgan fingerprint density at radius 3 is 2.63 bits per heavy atom. The third kappa shape index (κ3) is 6.06. The quantitative estimate of drug-likeness (QED) is 0.706. The molecule has 1 aromatic heterocycles. The van der Waals surface area contributed by atoms with Gasteiger partial charge in [0, 0.05) is 24.2 Å². The molecule has 3 amide bonds. The number of aromatic nitrogens is 1. The second-order valence-electron chi connectivity index (χ2n) is 6.55. The van der Waals surface area contributed by atoms with Gasteiger partial charge in [-0.2, -0.15) is 0 Å². The van der Waals surface area contributed by atoms with Gasteiger partial charge in [-0.05, 0) is 38.3 Å². The molecule has 2 N–H and O–H groups in total. The molecule has 7 heteroatoms. The summed E-state index contributed by atoms with van der Waals surface area (Å²) in [6, 6.07) is 5.79. The molecule has 0 spiro atoms. The Balaban J connectivity index is 2.05. The lowest BCUT2D eigenvalue weighted by Crippen LogP contribution is -2.35. The lowest BCUT2D eigenvalue weighted by Gasteiger charge is -2.22. The predicted octanol–water partition coefficient (Wildman–Crippen LogP) is 4.34. The molecule has 0 radical (unpaired) electrons. The summed E-state index contributed by atoms with van der Waals surface area (Å²) in [5, 5.41) is 8.30. The number of nitrogens with zero attached hydrogens (tertiary/aromatic N) is 2. The number of urea groups is 1. The Kier molecular flexibility index (Phi) is 7.79. The summed E-state index contributed by atoms with van der Waals surface area (Å²) in [6.07, 6.45) is 1.72. The van der Waals surface area contributed by atoms with Crippen LogP contribution in [0.15, 0.2) is 23.6 Å². The first kappa shape index (κ1) is 20.9. The SMILES string of the molecule is CCCNC(=O)c1csc(CN(CCC)C(=O)Nc2ccc(C)cc2C)n1. The number of nitrogens with one attached hydrogen (secondary N) is 2. The molecule has 146 valence electrons. The zero-order valence-corrected chi connectivity index (χ0v) is 17.3. The number of hydrogen-bond acceptors (Lipinski definition) is 4. The maximum atomic E-state index is 12.7. The summed E-state index contributed by atoms with van der Waals surface area (Å²) in [7, 11) is 0. The van der Waals surface area contributed by atoms with Crippen molar-refractivity contribution in [2.45, 2.75) is 47.1 Å². The van der Waals surface area contributed by atoms with Crippen LogP contribution in [0.25, 0.3) is 0 Å². The topological polar surface area (TPSA) is 74.3 Å². The molecule has 0 atom stereocenters. The molecule has 0 aliphatic heterocycles. The van der Waals surface area contributed by atoms with Crippen LogP contribution < -0.4 is 10.6 Å². The van der Waals surface area contributed by atoms with E-state index in [2.05, 4.69) is 15.6 Å². The third-order valence-electron chi connectivity index (χ3n) is 4.05. The molecule has 0 bridgehead atoms. The highest BCUT2D eigenvalue weighted by atomic mass is 32.1. The number of carbonyl (C=O) groups excluding carboxylic acids is 2. The zero-order chi connectivity index (χ0) is 19.8. The van der Waals surface area contributed by atoms with Crippen LogP contribution >= 0.6 is 11.3 Å². The van der Waals surface area contributed by atoms with E-state index < -0.39 is 0 Å². The van der Waals surface area contributed by atoms with E-state index in [9.17, 15) is 9.59 Å². The van der Waals surface area contributed by atoms with E-state index in [-0.39, 0.29) is 11.9 Å². The molecular formula is C20H28N4O2S. The van der Waals surface area contributed by atoms with Crippen LogP contribution in [-0.2, 0) is 6.54 Å². The molecule has 1 heterocycles. The minimum Gasteiger partial charge on any atom is -0.351 e. The van der Waals surface area contributed by atoms with Gasteiger partial charge in [-0.25, -0.2) is 9.78 Å². The summed E-state index contributed by atoms with van der Waals surface area (Å²) >= 11 is 1.40. The van der Waals surface area contributed by atoms with Crippen LogP contribution in [0.4, 0.5) is 10.5 Å². The minimum atomic E-state index is -0.166. The minimum absolute atomic E-state index is 0.156. The number of thiazole rings is 1. The molecule has 27 heavy (non-hydrogen) atoms. The largest absolute Gasteiger partial charge is 0.351 e. The number of aryl methyl sites for hydroxylation is 2. The first-order valence-electron chi connectivity index (χ1n) is 9.30. The highest BCUT2D eigenvalue weighted by molar-refractivity contribution is 7.09. The summed E-state index contributed by atoms with van der Waals surface area (Å²) in [6.45, 7) is 9.68. The van der Waals surface area contributed by atoms with Crippen molar-refractivity contribution in [1.82, 2.24) is 15.2 Å². The fourth-order valence-corrected chi connectivity index (χ4v) is 3.44. The molecule has 2 rings (SSSR count). The van der Waals surface area contributed by atoms with Crippen LogP contribution in [-0.4, -0.2) is 34.9 Å². The summed E-state index contributed by atoms with van der Waals surface area (Å²) in [5.41, 5.74) is 3.41. The molecule has 1 aromatic carbocycles. The van der Waals surface area contributed by atoms with E-state index in [4.69, 9.17) is 0 Å². The van der Waals surface area contributed by atoms with Crippen LogP contribution in [0, 0.1) is 13.8 Å². The average molecular weight is 389 g/mol. The molecule has 0 saturated heterocycles. The molecule has 6 nitrogen and oxygen atoms in total. The van der Waals surface area contributed by atoms with Crippen molar-refractivity contribution in [2.75, 3.05) is 18.4 Å². The molecule has 2 aromatic rings. The van der Waals surface area contributed by atoms with E-state index in [0.717, 1.165) is 34.7 Å². The van der Waals surface area contributed by atoms with E-state index >= 15 is 0 Å². The standard InChI is InChI=1S/C20H28N4O2S/c1-5-9-21-19(25)17-13-27-18(22-17)12-24(10-6-2)20(26)23-16-8-7-14(3)11-15(16)4/h7-8,11,13H,5-6,9-10,12H2,1-4H3,(H,21,25)(H,23,26). The van der Waals surface area contributed by atoms with Crippen molar-refractivity contribution in [2.24, 2.45) is 0 Å². The van der Waals surface area contributed by atoms with Crippen molar-refractivity contribution in [1.29, 1.82) is 0 Å². The smallest absolute Gasteiger partial charge is 0.322 e. The Hall–Kier alpha value is -2.41. The van der Waals surface area contributed by atoms with E-state index in [1.165, 1.54) is 11.3 Å². The predicted molar refractivity (Wildman–Crippen MR) is 110 cm³/mol. The van der Waals surface area contributed by atoms with Crippen LogP contribution in [0.2, 0.25) is 0 Å². The van der Waals surface area contributed by atoms with Crippen molar-refractivity contribution in [3.63, 3.8) is 0 Å². The van der Waals surface area contributed by atoms with Gasteiger partial charge in [0.05, 0.1) is 6.54 Å². The van der Waals surface area contributed by atoms with Crippen LogP contribution in [0.5, 0.6) is 0 Å². The van der Waals surface area contributed by atoms with Gasteiger partial charge in [-0.1, -0.05) is 31.5 Å². The second kappa shape index (κ2) is 10.1. The molecular weight excluding hydrogens is 360 g/mol. The van der Waals surface area contributed by atoms with Gasteiger partial charge in [0.15, 0.2) is 0 Å². The summed E-state index contributed by atoms with van der Waals surface area (Å²) in [5.74, 6) is -0.166. The van der Waals surface area contributed by atoms with Gasteiger partial charge in [0.1, 0.15) is 10.7 Å². The van der Waals surface area contributed by atoms with Crippen molar-refractivity contribution >= 4 is 29.0 Å². The molecule has 0 fully saturated rings. The third-order valence-corrected chi connectivity index (χ3v) is 4.88. The number of benzene rings is 1. The number of amides is 3. The Morgan fingerprint density at radius 2 is 1.96 bits per heavy atom. The molecule has 0 saturated carbocycles.